The van der Waals surface area contributed by atoms with Crippen LogP contribution in [0.25, 0.3) is 10.6 Å². The molecule has 19 heavy (non-hydrogen) atoms. The van der Waals surface area contributed by atoms with Gasteiger partial charge in [0.25, 0.3) is 0 Å². The van der Waals surface area contributed by atoms with Gasteiger partial charge in [-0.25, -0.2) is 4.98 Å². The number of thiophene rings is 1. The van der Waals surface area contributed by atoms with E-state index in [1.807, 2.05) is 6.07 Å². The minimum absolute atomic E-state index is 0.668. The Balaban J connectivity index is 1.92. The fourth-order valence-electron chi connectivity index (χ4n) is 1.59. The van der Waals surface area contributed by atoms with Gasteiger partial charge in [0.15, 0.2) is 11.7 Å². The molecule has 0 atom stereocenters. The standard InChI is InChI=1S/C13H16Br2N2OS/c1-8(2)6-16-4-3-12-17-7-10(18-12)11-5-9(14)13(15)19-11/h5,7-8,16H,3-4,6H2,1-2H3. The molecule has 6 heteroatoms. The van der Waals surface area contributed by atoms with E-state index in [9.17, 15) is 0 Å². The molecule has 0 spiro atoms. The number of nitrogens with zero attached hydrogens (tertiary/aromatic N) is 1. The summed E-state index contributed by atoms with van der Waals surface area (Å²) in [6, 6.07) is 2.04. The molecule has 0 bridgehead atoms. The van der Waals surface area contributed by atoms with E-state index in [0.717, 1.165) is 44.3 Å². The van der Waals surface area contributed by atoms with Crippen LogP contribution in [-0.4, -0.2) is 18.1 Å². The fourth-order valence-corrected chi connectivity index (χ4v) is 3.58. The van der Waals surface area contributed by atoms with E-state index in [1.165, 1.54) is 0 Å². The van der Waals surface area contributed by atoms with Gasteiger partial charge >= 0.3 is 0 Å². The Morgan fingerprint density at radius 2 is 2.21 bits per heavy atom. The first-order valence-corrected chi connectivity index (χ1v) is 8.57. The van der Waals surface area contributed by atoms with E-state index < -0.39 is 0 Å². The van der Waals surface area contributed by atoms with Gasteiger partial charge in [-0.2, -0.15) is 0 Å². The summed E-state index contributed by atoms with van der Waals surface area (Å²) >= 11 is 8.59. The molecule has 0 radical (unpaired) electrons. The monoisotopic (exact) mass is 406 g/mol. The predicted octanol–water partition coefficient (Wildman–Crippen LogP) is 4.72. The first-order valence-electron chi connectivity index (χ1n) is 6.17. The molecule has 104 valence electrons. The first-order chi connectivity index (χ1) is 9.06. The average molecular weight is 408 g/mol. The zero-order valence-electron chi connectivity index (χ0n) is 10.9. The van der Waals surface area contributed by atoms with Crippen LogP contribution in [0.1, 0.15) is 19.7 Å². The highest BCUT2D eigenvalue weighted by Crippen LogP contribution is 2.38. The summed E-state index contributed by atoms with van der Waals surface area (Å²) in [6.45, 7) is 6.32. The number of aromatic nitrogens is 1. The molecule has 0 unspecified atom stereocenters. The van der Waals surface area contributed by atoms with Crippen molar-refractivity contribution in [3.63, 3.8) is 0 Å². The third-order valence-electron chi connectivity index (χ3n) is 2.51. The Labute approximate surface area is 134 Å². The average Bonchev–Trinajstić information content (AvgIpc) is 2.93. The molecule has 1 N–H and O–H groups in total. The maximum absolute atomic E-state index is 5.76. The summed E-state index contributed by atoms with van der Waals surface area (Å²) in [5.41, 5.74) is 0. The van der Waals surface area contributed by atoms with Crippen molar-refractivity contribution in [3.8, 4) is 10.6 Å². The molecule has 0 aliphatic rings. The smallest absolute Gasteiger partial charge is 0.196 e. The minimum Gasteiger partial charge on any atom is -0.440 e. The summed E-state index contributed by atoms with van der Waals surface area (Å²) in [5.74, 6) is 2.28. The second-order valence-corrected chi connectivity index (χ2v) is 7.92. The number of halogens is 2. The fraction of sp³-hybridized carbons (Fsp3) is 0.462. The van der Waals surface area contributed by atoms with Crippen LogP contribution in [-0.2, 0) is 6.42 Å². The lowest BCUT2D eigenvalue weighted by Crippen LogP contribution is -2.22. The van der Waals surface area contributed by atoms with Crippen molar-refractivity contribution >= 4 is 43.2 Å². The molecular weight excluding hydrogens is 392 g/mol. The molecule has 0 saturated heterocycles. The summed E-state index contributed by atoms with van der Waals surface area (Å²) in [5, 5.41) is 3.38. The number of hydrogen-bond acceptors (Lipinski definition) is 4. The van der Waals surface area contributed by atoms with Gasteiger partial charge in [0.05, 0.1) is 14.9 Å². The van der Waals surface area contributed by atoms with Crippen LogP contribution < -0.4 is 5.32 Å². The normalized spacial score (nSPS) is 11.4. The summed E-state index contributed by atoms with van der Waals surface area (Å²) < 4.78 is 7.88. The van der Waals surface area contributed by atoms with Crippen molar-refractivity contribution in [2.75, 3.05) is 13.1 Å². The van der Waals surface area contributed by atoms with Gasteiger partial charge in [-0.3, -0.25) is 0 Å². The summed E-state index contributed by atoms with van der Waals surface area (Å²) in [6.07, 6.45) is 2.61. The van der Waals surface area contributed by atoms with Crippen LogP contribution in [0.3, 0.4) is 0 Å². The highest BCUT2D eigenvalue weighted by molar-refractivity contribution is 9.13. The highest BCUT2D eigenvalue weighted by Gasteiger charge is 2.11. The lowest BCUT2D eigenvalue weighted by Gasteiger charge is -2.05. The zero-order chi connectivity index (χ0) is 13.8. The number of hydrogen-bond donors (Lipinski definition) is 1. The molecule has 3 nitrogen and oxygen atoms in total. The molecule has 2 rings (SSSR count). The Morgan fingerprint density at radius 1 is 1.42 bits per heavy atom. The van der Waals surface area contributed by atoms with E-state index in [4.69, 9.17) is 4.42 Å². The van der Waals surface area contributed by atoms with Gasteiger partial charge in [0.2, 0.25) is 0 Å². The lowest BCUT2D eigenvalue weighted by molar-refractivity contribution is 0.483. The van der Waals surface area contributed by atoms with Crippen molar-refractivity contribution in [1.82, 2.24) is 10.3 Å². The maximum atomic E-state index is 5.76. The number of rotatable bonds is 6. The molecule has 2 aromatic heterocycles. The quantitative estimate of drug-likeness (QED) is 0.704. The number of nitrogens with one attached hydrogen (secondary N) is 1. The summed E-state index contributed by atoms with van der Waals surface area (Å²) in [7, 11) is 0. The van der Waals surface area contributed by atoms with E-state index in [-0.39, 0.29) is 0 Å². The van der Waals surface area contributed by atoms with Gasteiger partial charge in [-0.1, -0.05) is 13.8 Å². The predicted molar refractivity (Wildman–Crippen MR) is 86.6 cm³/mol. The van der Waals surface area contributed by atoms with Crippen LogP contribution in [0.4, 0.5) is 0 Å². The van der Waals surface area contributed by atoms with E-state index in [1.54, 1.807) is 17.5 Å². The van der Waals surface area contributed by atoms with Gasteiger partial charge < -0.3 is 9.73 Å². The van der Waals surface area contributed by atoms with E-state index in [0.29, 0.717) is 5.92 Å². The topological polar surface area (TPSA) is 38.1 Å². The molecule has 0 aromatic carbocycles. The van der Waals surface area contributed by atoms with Crippen molar-refractivity contribution in [2.45, 2.75) is 20.3 Å². The molecule has 0 aliphatic carbocycles. The van der Waals surface area contributed by atoms with Crippen LogP contribution >= 0.6 is 43.2 Å². The molecule has 0 amide bonds. The van der Waals surface area contributed by atoms with Gasteiger partial charge in [0, 0.05) is 17.4 Å². The second-order valence-electron chi connectivity index (χ2n) is 4.70. The molecule has 0 aliphatic heterocycles. The second kappa shape index (κ2) is 7.02. The SMILES string of the molecule is CC(C)CNCCc1ncc(-c2cc(Br)c(Br)s2)o1. The molecule has 2 heterocycles. The maximum Gasteiger partial charge on any atom is 0.196 e. The van der Waals surface area contributed by atoms with Gasteiger partial charge in [-0.05, 0) is 50.4 Å². The molecule has 0 fully saturated rings. The Morgan fingerprint density at radius 3 is 2.84 bits per heavy atom. The van der Waals surface area contributed by atoms with E-state index in [2.05, 4.69) is 56.0 Å². The van der Waals surface area contributed by atoms with Crippen LogP contribution in [0.5, 0.6) is 0 Å². The molecular formula is C13H16Br2N2OS. The summed E-state index contributed by atoms with van der Waals surface area (Å²) in [4.78, 5) is 5.39. The minimum atomic E-state index is 0.668. The van der Waals surface area contributed by atoms with Crippen LogP contribution in [0, 0.1) is 5.92 Å². The highest BCUT2D eigenvalue weighted by atomic mass is 79.9. The van der Waals surface area contributed by atoms with Crippen LogP contribution in [0.2, 0.25) is 0 Å². The zero-order valence-corrected chi connectivity index (χ0v) is 14.9. The largest absolute Gasteiger partial charge is 0.440 e. The van der Waals surface area contributed by atoms with Crippen molar-refractivity contribution < 1.29 is 4.42 Å². The van der Waals surface area contributed by atoms with Crippen molar-refractivity contribution in [2.24, 2.45) is 5.92 Å². The Kier molecular flexibility index (Phi) is 5.62. The first kappa shape index (κ1) is 15.2. The van der Waals surface area contributed by atoms with Crippen molar-refractivity contribution in [3.05, 3.63) is 26.4 Å². The van der Waals surface area contributed by atoms with Gasteiger partial charge in [0.1, 0.15) is 0 Å². The third kappa shape index (κ3) is 4.41. The molecule has 2 aromatic rings. The van der Waals surface area contributed by atoms with Crippen LogP contribution in [0.15, 0.2) is 24.9 Å². The van der Waals surface area contributed by atoms with E-state index >= 15 is 0 Å². The number of oxazole rings is 1. The van der Waals surface area contributed by atoms with Crippen molar-refractivity contribution in [1.29, 1.82) is 0 Å². The Bertz CT molecular complexity index is 517. The molecule has 0 saturated carbocycles. The van der Waals surface area contributed by atoms with Gasteiger partial charge in [-0.15, -0.1) is 11.3 Å². The Hall–Kier alpha value is -0.170. The third-order valence-corrected chi connectivity index (χ3v) is 5.78. The lowest BCUT2D eigenvalue weighted by atomic mass is 10.2.